The summed E-state index contributed by atoms with van der Waals surface area (Å²) in [5.74, 6) is 0.303. The van der Waals surface area contributed by atoms with Gasteiger partial charge in [0.05, 0.1) is 11.9 Å². The number of benzene rings is 3. The van der Waals surface area contributed by atoms with Crippen LogP contribution in [0.3, 0.4) is 0 Å². The standard InChI is InChI=1S/C26H26N2/c1-26(2,3)23-14-12-21(16-23)25-11-7-6-10-22(25)18-27-28-24-15-13-19-8-4-5-9-20(19)17-24/h4-18,21,28H,1-3H3. The highest BCUT2D eigenvalue weighted by atomic mass is 15.3. The van der Waals surface area contributed by atoms with Crippen LogP contribution in [0.4, 0.5) is 5.69 Å². The molecule has 2 heteroatoms. The summed E-state index contributed by atoms with van der Waals surface area (Å²) < 4.78 is 0. The summed E-state index contributed by atoms with van der Waals surface area (Å²) >= 11 is 0. The van der Waals surface area contributed by atoms with Crippen molar-refractivity contribution in [1.29, 1.82) is 0 Å². The molecule has 0 spiro atoms. The third-order valence-electron chi connectivity index (χ3n) is 5.21. The number of hydrogen-bond acceptors (Lipinski definition) is 2. The Morgan fingerprint density at radius 2 is 1.64 bits per heavy atom. The van der Waals surface area contributed by atoms with Crippen LogP contribution in [-0.4, -0.2) is 6.21 Å². The van der Waals surface area contributed by atoms with Gasteiger partial charge in [0.1, 0.15) is 0 Å². The fourth-order valence-electron chi connectivity index (χ4n) is 3.57. The van der Waals surface area contributed by atoms with Crippen LogP contribution in [0.25, 0.3) is 10.8 Å². The molecule has 1 aliphatic rings. The summed E-state index contributed by atoms with van der Waals surface area (Å²) in [4.78, 5) is 0. The van der Waals surface area contributed by atoms with Crippen LogP contribution in [0, 0.1) is 5.41 Å². The first-order valence-corrected chi connectivity index (χ1v) is 9.78. The van der Waals surface area contributed by atoms with Crippen LogP contribution in [0.1, 0.15) is 37.8 Å². The van der Waals surface area contributed by atoms with Gasteiger partial charge < -0.3 is 0 Å². The van der Waals surface area contributed by atoms with Gasteiger partial charge in [-0.15, -0.1) is 0 Å². The number of anilines is 1. The molecule has 0 aliphatic heterocycles. The Balaban J connectivity index is 1.54. The van der Waals surface area contributed by atoms with E-state index in [-0.39, 0.29) is 5.41 Å². The predicted molar refractivity (Wildman–Crippen MR) is 121 cm³/mol. The van der Waals surface area contributed by atoms with Crippen molar-refractivity contribution in [1.82, 2.24) is 0 Å². The van der Waals surface area contributed by atoms with E-state index in [0.717, 1.165) is 11.3 Å². The minimum Gasteiger partial charge on any atom is -0.278 e. The van der Waals surface area contributed by atoms with E-state index in [2.05, 4.69) is 116 Å². The highest BCUT2D eigenvalue weighted by molar-refractivity contribution is 5.86. The number of nitrogens with zero attached hydrogens (tertiary/aromatic N) is 1. The third-order valence-corrected chi connectivity index (χ3v) is 5.21. The minimum atomic E-state index is 0.173. The summed E-state index contributed by atoms with van der Waals surface area (Å²) in [5.41, 5.74) is 8.14. The topological polar surface area (TPSA) is 24.4 Å². The van der Waals surface area contributed by atoms with Crippen LogP contribution in [-0.2, 0) is 0 Å². The molecule has 0 radical (unpaired) electrons. The SMILES string of the molecule is CC(C)(C)C1=CC(c2ccccc2C=NNc2ccc3ccccc3c2)C=C1. The predicted octanol–water partition coefficient (Wildman–Crippen LogP) is 6.91. The van der Waals surface area contributed by atoms with Gasteiger partial charge in [0, 0.05) is 5.92 Å². The number of hydrazone groups is 1. The lowest BCUT2D eigenvalue weighted by Crippen LogP contribution is -2.06. The van der Waals surface area contributed by atoms with Gasteiger partial charge in [-0.2, -0.15) is 5.10 Å². The lowest BCUT2D eigenvalue weighted by atomic mass is 9.86. The first-order chi connectivity index (χ1) is 13.5. The maximum absolute atomic E-state index is 4.50. The summed E-state index contributed by atoms with van der Waals surface area (Å²) in [6, 6.07) is 23.1. The molecule has 1 aliphatic carbocycles. The average molecular weight is 367 g/mol. The van der Waals surface area contributed by atoms with Crippen molar-refractivity contribution in [3.8, 4) is 0 Å². The summed E-state index contributed by atoms with van der Waals surface area (Å²) in [7, 11) is 0. The van der Waals surface area contributed by atoms with E-state index < -0.39 is 0 Å². The fourth-order valence-corrected chi connectivity index (χ4v) is 3.57. The molecule has 0 saturated carbocycles. The minimum absolute atomic E-state index is 0.173. The maximum Gasteiger partial charge on any atom is 0.0568 e. The van der Waals surface area contributed by atoms with Crippen molar-refractivity contribution in [2.45, 2.75) is 26.7 Å². The lowest BCUT2D eigenvalue weighted by Gasteiger charge is -2.18. The zero-order valence-electron chi connectivity index (χ0n) is 16.7. The number of fused-ring (bicyclic) bond motifs is 1. The van der Waals surface area contributed by atoms with Crippen molar-refractivity contribution >= 4 is 22.7 Å². The van der Waals surface area contributed by atoms with Crippen molar-refractivity contribution in [2.75, 3.05) is 5.43 Å². The van der Waals surface area contributed by atoms with E-state index >= 15 is 0 Å². The molecule has 3 aromatic carbocycles. The Hall–Kier alpha value is -3.13. The lowest BCUT2D eigenvalue weighted by molar-refractivity contribution is 0.517. The Morgan fingerprint density at radius 1 is 0.893 bits per heavy atom. The van der Waals surface area contributed by atoms with E-state index in [1.807, 2.05) is 6.21 Å². The van der Waals surface area contributed by atoms with Gasteiger partial charge in [-0.25, -0.2) is 0 Å². The van der Waals surface area contributed by atoms with Crippen LogP contribution < -0.4 is 5.43 Å². The van der Waals surface area contributed by atoms with Crippen molar-refractivity contribution in [2.24, 2.45) is 10.5 Å². The molecule has 1 N–H and O–H groups in total. The van der Waals surface area contributed by atoms with Gasteiger partial charge in [0.2, 0.25) is 0 Å². The maximum atomic E-state index is 4.50. The summed E-state index contributed by atoms with van der Waals surface area (Å²) in [5, 5.41) is 6.94. The molecule has 3 aromatic rings. The smallest absolute Gasteiger partial charge is 0.0568 e. The molecule has 1 unspecified atom stereocenters. The number of nitrogens with one attached hydrogen (secondary N) is 1. The monoisotopic (exact) mass is 366 g/mol. The van der Waals surface area contributed by atoms with Crippen molar-refractivity contribution in [3.05, 3.63) is 102 Å². The number of rotatable bonds is 4. The summed E-state index contributed by atoms with van der Waals surface area (Å²) in [6.45, 7) is 6.77. The van der Waals surface area contributed by atoms with Gasteiger partial charge in [-0.05, 0) is 45.0 Å². The quantitative estimate of drug-likeness (QED) is 0.394. The molecule has 1 atom stereocenters. The van der Waals surface area contributed by atoms with Crippen molar-refractivity contribution < 1.29 is 0 Å². The molecular weight excluding hydrogens is 340 g/mol. The number of hydrogen-bond donors (Lipinski definition) is 1. The van der Waals surface area contributed by atoms with Gasteiger partial charge in [0.25, 0.3) is 0 Å². The normalized spacial score (nSPS) is 16.7. The fraction of sp³-hybridized carbons (Fsp3) is 0.192. The van der Waals surface area contributed by atoms with Gasteiger partial charge >= 0.3 is 0 Å². The van der Waals surface area contributed by atoms with Crippen LogP contribution in [0.15, 0.2) is 95.6 Å². The van der Waals surface area contributed by atoms with Crippen LogP contribution in [0.5, 0.6) is 0 Å². The van der Waals surface area contributed by atoms with Gasteiger partial charge in [-0.3, -0.25) is 5.43 Å². The molecule has 2 nitrogen and oxygen atoms in total. The molecule has 0 fully saturated rings. The Morgan fingerprint density at radius 3 is 2.43 bits per heavy atom. The van der Waals surface area contributed by atoms with E-state index in [1.54, 1.807) is 0 Å². The van der Waals surface area contributed by atoms with Crippen LogP contribution in [0.2, 0.25) is 0 Å². The Kier molecular flexibility index (Phi) is 4.87. The molecule has 0 saturated heterocycles. The second-order valence-electron chi connectivity index (χ2n) is 8.32. The highest BCUT2D eigenvalue weighted by Crippen LogP contribution is 2.36. The molecule has 0 aromatic heterocycles. The third kappa shape index (κ3) is 3.91. The zero-order chi connectivity index (χ0) is 19.6. The van der Waals surface area contributed by atoms with E-state index in [0.29, 0.717) is 5.92 Å². The molecule has 140 valence electrons. The molecule has 4 rings (SSSR count). The highest BCUT2D eigenvalue weighted by Gasteiger charge is 2.21. The van der Waals surface area contributed by atoms with Crippen molar-refractivity contribution in [3.63, 3.8) is 0 Å². The Labute approximate surface area is 167 Å². The second kappa shape index (κ2) is 7.47. The van der Waals surface area contributed by atoms with E-state index in [1.165, 1.54) is 21.9 Å². The molecule has 0 amide bonds. The van der Waals surface area contributed by atoms with Gasteiger partial charge in [0.15, 0.2) is 0 Å². The first-order valence-electron chi connectivity index (χ1n) is 9.78. The zero-order valence-corrected chi connectivity index (χ0v) is 16.7. The molecule has 28 heavy (non-hydrogen) atoms. The van der Waals surface area contributed by atoms with E-state index in [4.69, 9.17) is 0 Å². The van der Waals surface area contributed by atoms with Crippen LogP contribution >= 0.6 is 0 Å². The largest absolute Gasteiger partial charge is 0.278 e. The molecule has 0 bridgehead atoms. The number of allylic oxidation sites excluding steroid dienone is 4. The Bertz CT molecular complexity index is 1080. The van der Waals surface area contributed by atoms with E-state index in [9.17, 15) is 0 Å². The summed E-state index contributed by atoms with van der Waals surface area (Å²) in [6.07, 6.45) is 8.82. The molecular formula is C26H26N2. The second-order valence-corrected chi connectivity index (χ2v) is 8.32. The van der Waals surface area contributed by atoms with Gasteiger partial charge in [-0.1, -0.05) is 93.6 Å². The average Bonchev–Trinajstić information content (AvgIpc) is 3.19. The first kappa shape index (κ1) is 18.2. The molecule has 0 heterocycles.